The van der Waals surface area contributed by atoms with Crippen LogP contribution < -0.4 is 5.32 Å². The van der Waals surface area contributed by atoms with Crippen LogP contribution in [0, 0.1) is 5.92 Å². The first-order valence-electron chi connectivity index (χ1n) is 6.35. The molecular weight excluding hydrogens is 202 g/mol. The standard InChI is InChI=1S/C13H27NO2/c1-6-7-8-12(13(15)16-5)14-11(4)9-10(2)3/h10-12,14H,6-9H2,1-5H3. The molecule has 0 saturated heterocycles. The number of rotatable bonds is 8. The second-order valence-electron chi connectivity index (χ2n) is 4.92. The van der Waals surface area contributed by atoms with E-state index in [1.165, 1.54) is 7.11 Å². The summed E-state index contributed by atoms with van der Waals surface area (Å²) in [5, 5.41) is 3.36. The summed E-state index contributed by atoms with van der Waals surface area (Å²) in [6.07, 6.45) is 4.11. The van der Waals surface area contributed by atoms with E-state index >= 15 is 0 Å². The third-order valence-corrected chi connectivity index (χ3v) is 2.64. The van der Waals surface area contributed by atoms with E-state index < -0.39 is 0 Å². The zero-order chi connectivity index (χ0) is 12.6. The molecule has 2 atom stereocenters. The first-order valence-corrected chi connectivity index (χ1v) is 6.35. The lowest BCUT2D eigenvalue weighted by Crippen LogP contribution is -2.43. The molecule has 0 aromatic carbocycles. The van der Waals surface area contributed by atoms with E-state index in [2.05, 4.69) is 33.0 Å². The molecular formula is C13H27NO2. The van der Waals surface area contributed by atoms with Gasteiger partial charge in [-0.2, -0.15) is 0 Å². The SMILES string of the molecule is CCCCC(NC(C)CC(C)C)C(=O)OC. The van der Waals surface area contributed by atoms with Gasteiger partial charge < -0.3 is 10.1 Å². The minimum absolute atomic E-state index is 0.135. The van der Waals surface area contributed by atoms with E-state index in [0.717, 1.165) is 25.7 Å². The van der Waals surface area contributed by atoms with Gasteiger partial charge >= 0.3 is 5.97 Å². The Hall–Kier alpha value is -0.570. The number of carbonyl (C=O) groups excluding carboxylic acids is 1. The van der Waals surface area contributed by atoms with Crippen molar-refractivity contribution < 1.29 is 9.53 Å². The van der Waals surface area contributed by atoms with Crippen LogP contribution in [0.3, 0.4) is 0 Å². The van der Waals surface area contributed by atoms with Gasteiger partial charge in [-0.1, -0.05) is 33.6 Å². The fraction of sp³-hybridized carbons (Fsp3) is 0.923. The summed E-state index contributed by atoms with van der Waals surface area (Å²) in [5.74, 6) is 0.510. The highest BCUT2D eigenvalue weighted by Gasteiger charge is 2.20. The van der Waals surface area contributed by atoms with Gasteiger partial charge in [0.1, 0.15) is 6.04 Å². The van der Waals surface area contributed by atoms with Gasteiger partial charge in [0.05, 0.1) is 7.11 Å². The molecule has 0 amide bonds. The van der Waals surface area contributed by atoms with Gasteiger partial charge in [0, 0.05) is 6.04 Å². The first kappa shape index (κ1) is 15.4. The summed E-state index contributed by atoms with van der Waals surface area (Å²) < 4.78 is 4.81. The summed E-state index contributed by atoms with van der Waals surface area (Å²) in [4.78, 5) is 11.6. The maximum Gasteiger partial charge on any atom is 0.322 e. The van der Waals surface area contributed by atoms with Crippen LogP contribution in [-0.2, 0) is 9.53 Å². The second kappa shape index (κ2) is 8.57. The van der Waals surface area contributed by atoms with Crippen molar-refractivity contribution >= 4 is 5.97 Å². The van der Waals surface area contributed by atoms with Gasteiger partial charge in [-0.3, -0.25) is 4.79 Å². The molecule has 3 nitrogen and oxygen atoms in total. The number of unbranched alkanes of at least 4 members (excludes halogenated alkanes) is 1. The Bertz CT molecular complexity index is 192. The Balaban J connectivity index is 4.13. The van der Waals surface area contributed by atoms with Crippen molar-refractivity contribution in [1.29, 1.82) is 0 Å². The molecule has 0 aliphatic heterocycles. The van der Waals surface area contributed by atoms with Crippen LogP contribution in [0.25, 0.3) is 0 Å². The maximum atomic E-state index is 11.6. The van der Waals surface area contributed by atoms with Gasteiger partial charge in [-0.15, -0.1) is 0 Å². The molecule has 1 N–H and O–H groups in total. The lowest BCUT2D eigenvalue weighted by molar-refractivity contribution is -0.143. The van der Waals surface area contributed by atoms with Crippen molar-refractivity contribution in [2.24, 2.45) is 5.92 Å². The molecule has 0 saturated carbocycles. The van der Waals surface area contributed by atoms with Gasteiger partial charge in [-0.05, 0) is 25.7 Å². The Labute approximate surface area is 99.9 Å². The van der Waals surface area contributed by atoms with E-state index in [9.17, 15) is 4.79 Å². The molecule has 2 unspecified atom stereocenters. The fourth-order valence-electron chi connectivity index (χ4n) is 1.94. The molecule has 0 aliphatic rings. The van der Waals surface area contributed by atoms with Gasteiger partial charge in [0.15, 0.2) is 0 Å². The Morgan fingerprint density at radius 1 is 1.31 bits per heavy atom. The highest BCUT2D eigenvalue weighted by molar-refractivity contribution is 5.75. The van der Waals surface area contributed by atoms with Crippen LogP contribution in [0.1, 0.15) is 53.4 Å². The highest BCUT2D eigenvalue weighted by atomic mass is 16.5. The van der Waals surface area contributed by atoms with Crippen LogP contribution in [0.5, 0.6) is 0 Å². The van der Waals surface area contributed by atoms with Crippen LogP contribution in [0.15, 0.2) is 0 Å². The predicted molar refractivity (Wildman–Crippen MR) is 67.4 cm³/mol. The normalized spacial score (nSPS) is 14.9. The monoisotopic (exact) mass is 229 g/mol. The van der Waals surface area contributed by atoms with Crippen molar-refractivity contribution in [1.82, 2.24) is 5.32 Å². The number of hydrogen-bond acceptors (Lipinski definition) is 3. The van der Waals surface area contributed by atoms with Crippen LogP contribution >= 0.6 is 0 Å². The molecule has 0 spiro atoms. The quantitative estimate of drug-likeness (QED) is 0.650. The number of esters is 1. The van der Waals surface area contributed by atoms with Crippen molar-refractivity contribution in [3.63, 3.8) is 0 Å². The molecule has 0 rings (SSSR count). The molecule has 0 aliphatic carbocycles. The Morgan fingerprint density at radius 3 is 2.38 bits per heavy atom. The Morgan fingerprint density at radius 2 is 1.94 bits per heavy atom. The molecule has 0 radical (unpaired) electrons. The van der Waals surface area contributed by atoms with E-state index in [1.54, 1.807) is 0 Å². The first-order chi connectivity index (χ1) is 7.51. The minimum atomic E-state index is -0.140. The Kier molecular flexibility index (Phi) is 8.26. The third-order valence-electron chi connectivity index (χ3n) is 2.64. The third kappa shape index (κ3) is 6.83. The van der Waals surface area contributed by atoms with E-state index in [1.807, 2.05) is 0 Å². The number of carbonyl (C=O) groups is 1. The van der Waals surface area contributed by atoms with Crippen molar-refractivity contribution in [3.8, 4) is 0 Å². The lowest BCUT2D eigenvalue weighted by atomic mass is 10.0. The number of nitrogens with one attached hydrogen (secondary N) is 1. The molecule has 0 aromatic rings. The molecule has 0 aromatic heterocycles. The second-order valence-corrected chi connectivity index (χ2v) is 4.92. The smallest absolute Gasteiger partial charge is 0.322 e. The van der Waals surface area contributed by atoms with Gasteiger partial charge in [0.2, 0.25) is 0 Å². The fourth-order valence-corrected chi connectivity index (χ4v) is 1.94. The van der Waals surface area contributed by atoms with E-state index in [-0.39, 0.29) is 12.0 Å². The lowest BCUT2D eigenvalue weighted by Gasteiger charge is -2.22. The van der Waals surface area contributed by atoms with Gasteiger partial charge in [0.25, 0.3) is 0 Å². The topological polar surface area (TPSA) is 38.3 Å². The van der Waals surface area contributed by atoms with Crippen molar-refractivity contribution in [2.45, 2.75) is 65.5 Å². The van der Waals surface area contributed by atoms with E-state index in [0.29, 0.717) is 12.0 Å². The summed E-state index contributed by atoms with van der Waals surface area (Å²) in [6.45, 7) is 8.64. The number of hydrogen-bond donors (Lipinski definition) is 1. The maximum absolute atomic E-state index is 11.6. The minimum Gasteiger partial charge on any atom is -0.468 e. The largest absolute Gasteiger partial charge is 0.468 e. The summed E-state index contributed by atoms with van der Waals surface area (Å²) >= 11 is 0. The highest BCUT2D eigenvalue weighted by Crippen LogP contribution is 2.08. The van der Waals surface area contributed by atoms with Crippen LogP contribution in [0.4, 0.5) is 0 Å². The zero-order valence-corrected chi connectivity index (χ0v) is 11.4. The van der Waals surface area contributed by atoms with Crippen LogP contribution in [0.2, 0.25) is 0 Å². The molecule has 0 bridgehead atoms. The number of ether oxygens (including phenoxy) is 1. The molecule has 0 fully saturated rings. The predicted octanol–water partition coefficient (Wildman–Crippen LogP) is 2.74. The van der Waals surface area contributed by atoms with Crippen molar-refractivity contribution in [2.75, 3.05) is 7.11 Å². The van der Waals surface area contributed by atoms with E-state index in [4.69, 9.17) is 4.74 Å². The summed E-state index contributed by atoms with van der Waals surface area (Å²) in [5.41, 5.74) is 0. The van der Waals surface area contributed by atoms with Crippen molar-refractivity contribution in [3.05, 3.63) is 0 Å². The molecule has 3 heteroatoms. The number of methoxy groups -OCH3 is 1. The summed E-state index contributed by atoms with van der Waals surface area (Å²) in [6, 6.07) is 0.222. The molecule has 96 valence electrons. The average molecular weight is 229 g/mol. The average Bonchev–Trinajstić information content (AvgIpc) is 2.21. The van der Waals surface area contributed by atoms with Crippen LogP contribution in [-0.4, -0.2) is 25.2 Å². The summed E-state index contributed by atoms with van der Waals surface area (Å²) in [7, 11) is 1.45. The molecule has 0 heterocycles. The zero-order valence-electron chi connectivity index (χ0n) is 11.4. The van der Waals surface area contributed by atoms with Gasteiger partial charge in [-0.25, -0.2) is 0 Å². The molecule has 16 heavy (non-hydrogen) atoms.